The summed E-state index contributed by atoms with van der Waals surface area (Å²) in [6.45, 7) is 7.90. The fourth-order valence-electron chi connectivity index (χ4n) is 13.8. The van der Waals surface area contributed by atoms with Crippen LogP contribution >= 0.6 is 0 Å². The number of nitrogens with one attached hydrogen (secondary N) is 3. The van der Waals surface area contributed by atoms with Crippen LogP contribution < -0.4 is 16.2 Å². The van der Waals surface area contributed by atoms with Crippen molar-refractivity contribution >= 4 is 40.3 Å². The van der Waals surface area contributed by atoms with Crippen LogP contribution in [0, 0.1) is 29.0 Å². The predicted molar refractivity (Wildman–Crippen MR) is 290 cm³/mol. The molecule has 1 aromatic heterocycles. The number of halogens is 1. The number of benzene rings is 3. The summed E-state index contributed by atoms with van der Waals surface area (Å²) in [6, 6.07) is 19.4. The first-order valence-corrected chi connectivity index (χ1v) is 28.8. The summed E-state index contributed by atoms with van der Waals surface area (Å²) in [5.74, 6) is 0.143. The molecule has 2 atom stereocenters. The molecule has 16 nitrogen and oxygen atoms in total. The third-order valence-corrected chi connectivity index (χ3v) is 18.6. The summed E-state index contributed by atoms with van der Waals surface area (Å²) in [6.07, 6.45) is 13.4. The number of piperazine rings is 1. The molecule has 5 saturated heterocycles. The number of amides is 5. The molecule has 3 aromatic carbocycles. The van der Waals surface area contributed by atoms with E-state index in [0.29, 0.717) is 111 Å². The van der Waals surface area contributed by atoms with Gasteiger partial charge < -0.3 is 35.0 Å². The first-order chi connectivity index (χ1) is 37.5. The molecule has 5 amide bonds. The van der Waals surface area contributed by atoms with E-state index in [1.54, 1.807) is 29.2 Å². The minimum Gasteiger partial charge on any atom is -0.380 e. The van der Waals surface area contributed by atoms with Crippen LogP contribution in [0.2, 0.25) is 0 Å². The summed E-state index contributed by atoms with van der Waals surface area (Å²) in [5.41, 5.74) is 2.70. The molecule has 0 bridgehead atoms. The maximum absolute atomic E-state index is 15.2. The molecule has 0 spiro atoms. The highest BCUT2D eigenvalue weighted by Crippen LogP contribution is 2.51. The summed E-state index contributed by atoms with van der Waals surface area (Å²) in [5, 5.41) is 14.6. The molecule has 2 saturated carbocycles. The Labute approximate surface area is 450 Å². The summed E-state index contributed by atoms with van der Waals surface area (Å²) in [7, 11) is 0. The highest BCUT2D eigenvalue weighted by atomic mass is 19.1. The first-order valence-electron chi connectivity index (χ1n) is 28.8. The van der Waals surface area contributed by atoms with Crippen LogP contribution in [0.1, 0.15) is 127 Å². The number of aromatic amines is 1. The Balaban J connectivity index is 0.644. The van der Waals surface area contributed by atoms with E-state index >= 15 is 4.39 Å². The van der Waals surface area contributed by atoms with Gasteiger partial charge in [0.25, 0.3) is 17.4 Å². The van der Waals surface area contributed by atoms with Crippen LogP contribution in [0.5, 0.6) is 0 Å². The number of H-pyrrole nitrogens is 1. The van der Waals surface area contributed by atoms with Gasteiger partial charge in [-0.3, -0.25) is 33.7 Å². The number of likely N-dealkylation sites (tertiary alicyclic amines) is 3. The van der Waals surface area contributed by atoms with Gasteiger partial charge in [-0.15, -0.1) is 0 Å². The van der Waals surface area contributed by atoms with Crippen LogP contribution in [0.25, 0.3) is 10.8 Å². The van der Waals surface area contributed by atoms with Gasteiger partial charge in [0.15, 0.2) is 0 Å². The van der Waals surface area contributed by atoms with Crippen LogP contribution in [-0.4, -0.2) is 168 Å². The molecule has 17 heteroatoms. The zero-order valence-electron chi connectivity index (χ0n) is 44.5. The van der Waals surface area contributed by atoms with Crippen molar-refractivity contribution in [2.24, 2.45) is 23.2 Å². The van der Waals surface area contributed by atoms with E-state index in [9.17, 15) is 28.8 Å². The largest absolute Gasteiger partial charge is 0.380 e. The molecule has 7 fully saturated rings. The lowest BCUT2D eigenvalue weighted by Crippen LogP contribution is -2.60. The predicted octanol–water partition coefficient (Wildman–Crippen LogP) is 5.74. The second kappa shape index (κ2) is 23.5. The second-order valence-corrected chi connectivity index (χ2v) is 23.4. The van der Waals surface area contributed by atoms with E-state index in [2.05, 4.69) is 31.8 Å². The van der Waals surface area contributed by atoms with E-state index < -0.39 is 17.8 Å². The SMILES string of the molecule is O=C(N[C@@H](C(=O)N1CCC(C2(C3CCN(CC(=O)N4CCN(C(=O)c5cc(Cc6n[nH]c(=O)c7ccccc67)ccc5F)CC4)CC3)COC2)CC1)C1CCCCC1)c1cccc([C@@H]2CCCN(C(=O)CNC3CC3)C2)c1. The van der Waals surface area contributed by atoms with Gasteiger partial charge in [0.05, 0.1) is 42.9 Å². The third kappa shape index (κ3) is 11.9. The van der Waals surface area contributed by atoms with Crippen molar-refractivity contribution in [3.8, 4) is 0 Å². The first kappa shape index (κ1) is 53.0. The molecule has 0 radical (unpaired) electrons. The highest BCUT2D eigenvalue weighted by Gasteiger charge is 2.52. The van der Waals surface area contributed by atoms with Crippen LogP contribution in [0.4, 0.5) is 4.39 Å². The Kier molecular flexibility index (Phi) is 16.2. The molecule has 77 heavy (non-hydrogen) atoms. The van der Waals surface area contributed by atoms with Gasteiger partial charge in [0, 0.05) is 87.1 Å². The molecule has 7 aliphatic rings. The van der Waals surface area contributed by atoms with E-state index in [1.165, 1.54) is 6.07 Å². The number of hydrogen-bond donors (Lipinski definition) is 3. The number of nitrogens with zero attached hydrogens (tertiary/aromatic N) is 6. The molecular formula is C60H76FN9O7. The Morgan fingerprint density at radius 2 is 1.42 bits per heavy atom. The third-order valence-electron chi connectivity index (χ3n) is 18.6. The minimum atomic E-state index is -0.606. The normalized spacial score (nSPS) is 22.4. The molecule has 410 valence electrons. The quantitative estimate of drug-likeness (QED) is 0.133. The fraction of sp³-hybridized carbons (Fsp3) is 0.583. The number of aromatic nitrogens is 2. The van der Waals surface area contributed by atoms with Gasteiger partial charge in [-0.2, -0.15) is 5.10 Å². The van der Waals surface area contributed by atoms with Crippen molar-refractivity contribution in [3.63, 3.8) is 0 Å². The highest BCUT2D eigenvalue weighted by molar-refractivity contribution is 5.98. The summed E-state index contributed by atoms with van der Waals surface area (Å²) < 4.78 is 21.2. The number of carbonyl (C=O) groups excluding carboxylic acids is 5. The Hall–Kier alpha value is -6.04. The van der Waals surface area contributed by atoms with Crippen molar-refractivity contribution in [3.05, 3.63) is 111 Å². The molecule has 5 aliphatic heterocycles. The summed E-state index contributed by atoms with van der Waals surface area (Å²) >= 11 is 0. The molecule has 0 unspecified atom stereocenters. The lowest BCUT2D eigenvalue weighted by molar-refractivity contribution is -0.195. The van der Waals surface area contributed by atoms with Gasteiger partial charge >= 0.3 is 0 Å². The maximum atomic E-state index is 15.2. The molecule has 2 aliphatic carbocycles. The number of hydrogen-bond acceptors (Lipinski definition) is 10. The van der Waals surface area contributed by atoms with E-state index in [-0.39, 0.29) is 52.0 Å². The zero-order valence-corrected chi connectivity index (χ0v) is 44.5. The molecule has 6 heterocycles. The van der Waals surface area contributed by atoms with Crippen molar-refractivity contribution in [2.75, 3.05) is 91.8 Å². The average Bonchev–Trinajstić information content (AvgIpc) is 4.31. The van der Waals surface area contributed by atoms with Gasteiger partial charge in [-0.25, -0.2) is 9.49 Å². The van der Waals surface area contributed by atoms with Crippen molar-refractivity contribution in [1.29, 1.82) is 0 Å². The second-order valence-electron chi connectivity index (χ2n) is 23.4. The van der Waals surface area contributed by atoms with Crippen LogP contribution in [0.3, 0.4) is 0 Å². The zero-order chi connectivity index (χ0) is 53.0. The standard InChI is InChI=1S/C60H76FN9O7/c61-51-18-15-40(33-52-48-13-4-5-14-49(48)57(74)65-64-52)32-50(51)58(75)69-30-28-67(29-31-69)54(72)37-66-24-19-45(20-25-66)60(38-77-39-60)46-21-26-68(27-22-46)59(76)55(41-8-2-1-3-9-41)63-56(73)43-11-6-10-42(34-43)44-12-7-23-70(36-44)53(71)35-62-47-16-17-47/h4-6,10-11,13-15,18,32,34,41,44-47,55,62H,1-3,7-9,12,16-17,19-31,33,35-39H2,(H,63,73)(H,65,74)/t44-,55-/m1/s1. The van der Waals surface area contributed by atoms with Crippen LogP contribution in [0.15, 0.2) is 71.5 Å². The lowest BCUT2D eigenvalue weighted by Gasteiger charge is -2.56. The number of ether oxygens (including phenoxy) is 1. The average molecular weight is 1050 g/mol. The smallest absolute Gasteiger partial charge is 0.272 e. The number of piperidine rings is 3. The molecular weight excluding hydrogens is 978 g/mol. The van der Waals surface area contributed by atoms with E-state index in [1.807, 2.05) is 45.0 Å². The Bertz CT molecular complexity index is 2860. The van der Waals surface area contributed by atoms with Crippen molar-refractivity contribution < 1.29 is 33.1 Å². The van der Waals surface area contributed by atoms with Gasteiger partial charge in [0.1, 0.15) is 11.9 Å². The number of fused-ring (bicyclic) bond motifs is 1. The number of rotatable bonds is 15. The molecule has 3 N–H and O–H groups in total. The van der Waals surface area contributed by atoms with E-state index in [0.717, 1.165) is 122 Å². The topological polar surface area (TPSA) is 181 Å². The molecule has 4 aromatic rings. The van der Waals surface area contributed by atoms with Crippen LogP contribution in [-0.2, 0) is 25.5 Å². The van der Waals surface area contributed by atoms with Gasteiger partial charge in [0.2, 0.25) is 17.7 Å². The van der Waals surface area contributed by atoms with Crippen molar-refractivity contribution in [2.45, 2.75) is 108 Å². The minimum absolute atomic E-state index is 0.0230. The maximum Gasteiger partial charge on any atom is 0.272 e. The fourth-order valence-corrected chi connectivity index (χ4v) is 13.8. The lowest BCUT2D eigenvalue weighted by atomic mass is 9.59. The number of carbonyl (C=O) groups is 5. The van der Waals surface area contributed by atoms with Gasteiger partial charge in [-0.1, -0.05) is 55.7 Å². The Morgan fingerprint density at radius 3 is 2.13 bits per heavy atom. The van der Waals surface area contributed by atoms with Gasteiger partial charge in [-0.05, 0) is 137 Å². The van der Waals surface area contributed by atoms with Crippen molar-refractivity contribution in [1.82, 2.24) is 45.3 Å². The monoisotopic (exact) mass is 1050 g/mol. The Morgan fingerprint density at radius 1 is 0.701 bits per heavy atom. The summed E-state index contributed by atoms with van der Waals surface area (Å²) in [4.78, 5) is 91.2. The molecule has 11 rings (SSSR count). The van der Waals surface area contributed by atoms with E-state index in [4.69, 9.17) is 4.74 Å².